The first-order valence-electron chi connectivity index (χ1n) is 4.34. The number of nitrogen functional groups attached to an aromatic ring is 1. The molecule has 1 aromatic rings. The van der Waals surface area contributed by atoms with Crippen molar-refractivity contribution in [3.63, 3.8) is 0 Å². The maximum atomic E-state index is 13.7. The number of anilines is 1. The third-order valence-electron chi connectivity index (χ3n) is 2.23. The number of hydrogen-bond acceptors (Lipinski definition) is 4. The minimum absolute atomic E-state index is 0.00713. The van der Waals surface area contributed by atoms with Crippen LogP contribution in [0.2, 0.25) is 0 Å². The molecule has 0 bridgehead atoms. The lowest BCUT2D eigenvalue weighted by Gasteiger charge is -2.14. The number of nitrogens with zero attached hydrogens (tertiary/aromatic N) is 1. The van der Waals surface area contributed by atoms with Crippen molar-refractivity contribution < 1.29 is 14.1 Å². The third kappa shape index (κ3) is 2.14. The van der Waals surface area contributed by atoms with E-state index in [1.807, 2.05) is 0 Å². The molecule has 0 amide bonds. The summed E-state index contributed by atoms with van der Waals surface area (Å²) in [5.41, 5.74) is 4.99. The highest BCUT2D eigenvalue weighted by Crippen LogP contribution is 2.37. The quantitative estimate of drug-likeness (QED) is 0.528. The lowest BCUT2D eigenvalue weighted by atomic mass is 10.1. The molecule has 1 atom stereocenters. The van der Waals surface area contributed by atoms with Crippen LogP contribution in [0.25, 0.3) is 0 Å². The Hall–Kier alpha value is -1.21. The molecule has 1 aromatic carbocycles. The number of ether oxygens (including phenoxy) is 1. The van der Waals surface area contributed by atoms with Crippen molar-refractivity contribution in [2.45, 2.75) is 13.0 Å². The fourth-order valence-electron chi connectivity index (χ4n) is 1.31. The molecule has 0 heterocycles. The topological polar surface area (TPSA) is 78.4 Å². The maximum Gasteiger partial charge on any atom is 0.293 e. The van der Waals surface area contributed by atoms with Gasteiger partial charge in [0.25, 0.3) is 5.69 Å². The molecule has 0 aliphatic rings. The average Bonchev–Trinajstić information content (AvgIpc) is 2.22. The van der Waals surface area contributed by atoms with Crippen LogP contribution in [-0.2, 0) is 4.74 Å². The van der Waals surface area contributed by atoms with E-state index in [2.05, 4.69) is 15.9 Å². The Bertz CT molecular complexity index is 439. The molecule has 16 heavy (non-hydrogen) atoms. The van der Waals surface area contributed by atoms with E-state index in [9.17, 15) is 14.5 Å². The first-order valence-corrected chi connectivity index (χ1v) is 5.14. The zero-order chi connectivity index (χ0) is 12.5. The zero-order valence-electron chi connectivity index (χ0n) is 8.66. The van der Waals surface area contributed by atoms with Gasteiger partial charge >= 0.3 is 0 Å². The van der Waals surface area contributed by atoms with Gasteiger partial charge in [-0.1, -0.05) is 0 Å². The highest BCUT2D eigenvalue weighted by Gasteiger charge is 2.25. The molecule has 5 nitrogen and oxygen atoms in total. The SMILES string of the molecule is COC(C)c1c(N)c([N+](=O)[O-])cc(Br)c1F. The molecule has 0 spiro atoms. The molecular formula is C9H10BrFN2O3. The van der Waals surface area contributed by atoms with E-state index in [1.165, 1.54) is 7.11 Å². The lowest BCUT2D eigenvalue weighted by Crippen LogP contribution is -2.08. The fraction of sp³-hybridized carbons (Fsp3) is 0.333. The lowest BCUT2D eigenvalue weighted by molar-refractivity contribution is -0.384. The van der Waals surface area contributed by atoms with E-state index in [0.717, 1.165) is 6.07 Å². The van der Waals surface area contributed by atoms with Crippen molar-refractivity contribution in [1.82, 2.24) is 0 Å². The van der Waals surface area contributed by atoms with Crippen molar-refractivity contribution in [2.24, 2.45) is 0 Å². The minimum Gasteiger partial charge on any atom is -0.393 e. The number of rotatable bonds is 3. The van der Waals surface area contributed by atoms with E-state index in [1.54, 1.807) is 6.92 Å². The van der Waals surface area contributed by atoms with E-state index < -0.39 is 16.8 Å². The van der Waals surface area contributed by atoms with Crippen LogP contribution in [0.1, 0.15) is 18.6 Å². The highest BCUT2D eigenvalue weighted by atomic mass is 79.9. The maximum absolute atomic E-state index is 13.7. The first kappa shape index (κ1) is 12.9. The van der Waals surface area contributed by atoms with Gasteiger partial charge in [0.15, 0.2) is 0 Å². The Morgan fingerprint density at radius 3 is 2.69 bits per heavy atom. The van der Waals surface area contributed by atoms with Crippen molar-refractivity contribution >= 4 is 27.3 Å². The summed E-state index contributed by atoms with van der Waals surface area (Å²) < 4.78 is 18.6. The summed E-state index contributed by atoms with van der Waals surface area (Å²) in [6.45, 7) is 1.56. The Morgan fingerprint density at radius 2 is 2.25 bits per heavy atom. The van der Waals surface area contributed by atoms with Gasteiger partial charge in [0.05, 0.1) is 15.5 Å². The molecule has 0 radical (unpaired) electrons. The van der Waals surface area contributed by atoms with Gasteiger partial charge in [0, 0.05) is 18.7 Å². The largest absolute Gasteiger partial charge is 0.393 e. The van der Waals surface area contributed by atoms with Gasteiger partial charge in [-0.2, -0.15) is 0 Å². The smallest absolute Gasteiger partial charge is 0.293 e. The van der Waals surface area contributed by atoms with Gasteiger partial charge in [-0.05, 0) is 22.9 Å². The molecular weight excluding hydrogens is 283 g/mol. The highest BCUT2D eigenvalue weighted by molar-refractivity contribution is 9.10. The molecule has 2 N–H and O–H groups in total. The van der Waals surface area contributed by atoms with E-state index >= 15 is 0 Å². The molecule has 0 aliphatic heterocycles. The second kappa shape index (κ2) is 4.75. The summed E-state index contributed by atoms with van der Waals surface area (Å²) in [6.07, 6.45) is -0.656. The normalized spacial score (nSPS) is 12.5. The van der Waals surface area contributed by atoms with Crippen molar-refractivity contribution in [1.29, 1.82) is 0 Å². The summed E-state index contributed by atoms with van der Waals surface area (Å²) in [7, 11) is 1.37. The van der Waals surface area contributed by atoms with E-state index in [-0.39, 0.29) is 21.4 Å². The summed E-state index contributed by atoms with van der Waals surface area (Å²) in [5, 5.41) is 10.7. The van der Waals surface area contributed by atoms with Gasteiger partial charge in [0.1, 0.15) is 11.5 Å². The predicted octanol–water partition coefficient (Wildman–Crippen LogP) is 2.79. The number of halogens is 2. The summed E-state index contributed by atoms with van der Waals surface area (Å²) >= 11 is 2.91. The standard InChI is InChI=1S/C9H10BrFN2O3/c1-4(16-2)7-8(11)5(10)3-6(9(7)12)13(14)15/h3-4H,12H2,1-2H3. The summed E-state index contributed by atoms with van der Waals surface area (Å²) in [6, 6.07) is 1.04. The van der Waals surface area contributed by atoms with E-state index in [4.69, 9.17) is 10.5 Å². The fourth-order valence-corrected chi connectivity index (χ4v) is 1.74. The molecule has 7 heteroatoms. The summed E-state index contributed by atoms with van der Waals surface area (Å²) in [4.78, 5) is 10.0. The number of nitro groups is 1. The van der Waals surface area contributed by atoms with E-state index in [0.29, 0.717) is 0 Å². The van der Waals surface area contributed by atoms with Crippen LogP contribution in [0.5, 0.6) is 0 Å². The third-order valence-corrected chi connectivity index (χ3v) is 2.81. The molecule has 0 saturated carbocycles. The van der Waals surface area contributed by atoms with Crippen LogP contribution in [0.15, 0.2) is 10.5 Å². The zero-order valence-corrected chi connectivity index (χ0v) is 10.2. The second-order valence-corrected chi connectivity index (χ2v) is 4.01. The second-order valence-electron chi connectivity index (χ2n) is 3.15. The van der Waals surface area contributed by atoms with Crippen LogP contribution >= 0.6 is 15.9 Å². The van der Waals surface area contributed by atoms with Crippen LogP contribution in [0.4, 0.5) is 15.8 Å². The number of methoxy groups -OCH3 is 1. The Kier molecular flexibility index (Phi) is 3.82. The molecule has 0 saturated heterocycles. The van der Waals surface area contributed by atoms with Gasteiger partial charge in [0.2, 0.25) is 0 Å². The van der Waals surface area contributed by atoms with Gasteiger partial charge in [-0.3, -0.25) is 10.1 Å². The van der Waals surface area contributed by atoms with Crippen molar-refractivity contribution in [3.8, 4) is 0 Å². The van der Waals surface area contributed by atoms with Gasteiger partial charge < -0.3 is 10.5 Å². The summed E-state index contributed by atoms with van der Waals surface area (Å²) in [5.74, 6) is -0.641. The van der Waals surface area contributed by atoms with Crippen LogP contribution in [0, 0.1) is 15.9 Å². The molecule has 0 aliphatic carbocycles. The van der Waals surface area contributed by atoms with Crippen LogP contribution in [-0.4, -0.2) is 12.0 Å². The Labute approximate surface area is 99.7 Å². The Balaban J connectivity index is 3.51. The number of hydrogen-bond donors (Lipinski definition) is 1. The van der Waals surface area contributed by atoms with Crippen molar-refractivity contribution in [2.75, 3.05) is 12.8 Å². The number of nitrogens with two attached hydrogens (primary N) is 1. The van der Waals surface area contributed by atoms with Crippen LogP contribution in [0.3, 0.4) is 0 Å². The average molecular weight is 293 g/mol. The van der Waals surface area contributed by atoms with Gasteiger partial charge in [-0.15, -0.1) is 0 Å². The minimum atomic E-state index is -0.661. The molecule has 1 unspecified atom stereocenters. The monoisotopic (exact) mass is 292 g/mol. The first-order chi connectivity index (χ1) is 7.40. The molecule has 0 fully saturated rings. The van der Waals surface area contributed by atoms with Crippen molar-refractivity contribution in [3.05, 3.63) is 32.0 Å². The number of nitro benzene ring substituents is 1. The number of benzene rings is 1. The Morgan fingerprint density at radius 1 is 1.69 bits per heavy atom. The molecule has 88 valence electrons. The van der Waals surface area contributed by atoms with Gasteiger partial charge in [-0.25, -0.2) is 4.39 Å². The molecule has 0 aromatic heterocycles. The van der Waals surface area contributed by atoms with Crippen LogP contribution < -0.4 is 5.73 Å². The predicted molar refractivity (Wildman–Crippen MR) is 60.6 cm³/mol. The molecule has 1 rings (SSSR count).